The lowest BCUT2D eigenvalue weighted by atomic mass is 10.3. The quantitative estimate of drug-likeness (QED) is 0.507. The van der Waals surface area contributed by atoms with Crippen LogP contribution in [-0.4, -0.2) is 56.4 Å². The minimum atomic E-state index is -3.57. The van der Waals surface area contributed by atoms with Gasteiger partial charge in [-0.15, -0.1) is 0 Å². The molecule has 8 nitrogen and oxygen atoms in total. The summed E-state index contributed by atoms with van der Waals surface area (Å²) in [6.45, 7) is 1.54. The van der Waals surface area contributed by atoms with Gasteiger partial charge in [-0.2, -0.15) is 4.31 Å². The molecule has 34 heavy (non-hydrogen) atoms. The van der Waals surface area contributed by atoms with Gasteiger partial charge in [0.2, 0.25) is 10.0 Å². The number of piperazine rings is 1. The van der Waals surface area contributed by atoms with Crippen molar-refractivity contribution < 1.29 is 17.9 Å². The van der Waals surface area contributed by atoms with Crippen molar-refractivity contribution in [3.05, 3.63) is 76.9 Å². The monoisotopic (exact) mass is 520 g/mol. The van der Waals surface area contributed by atoms with E-state index in [1.54, 1.807) is 54.7 Å². The number of pyridine rings is 1. The Labute approximate surface area is 208 Å². The topological polar surface area (TPSA) is 91.8 Å². The maximum absolute atomic E-state index is 12.8. The summed E-state index contributed by atoms with van der Waals surface area (Å²) in [6.07, 6.45) is 1.56. The number of benzene rings is 2. The molecule has 1 saturated heterocycles. The van der Waals surface area contributed by atoms with E-state index in [1.165, 1.54) is 16.4 Å². The number of hydrogen-bond donors (Lipinski definition) is 1. The van der Waals surface area contributed by atoms with Crippen LogP contribution < -0.4 is 15.0 Å². The van der Waals surface area contributed by atoms with Crippen LogP contribution in [0.25, 0.3) is 0 Å². The van der Waals surface area contributed by atoms with Crippen LogP contribution in [0.3, 0.4) is 0 Å². The molecular formula is C23H22Cl2N4O4S. The predicted molar refractivity (Wildman–Crippen MR) is 132 cm³/mol. The average molecular weight is 521 g/mol. The molecular weight excluding hydrogens is 499 g/mol. The number of anilines is 2. The standard InChI is InChI=1S/C23H22Cl2N4O4S/c24-17-1-6-20(7-2-17)33-16-23(30)27-19-5-10-22(26-15-19)28-11-13-29(14-12-28)34(31,32)21-8-3-18(25)4-9-21/h1-10,15H,11-14,16H2,(H,27,30). The van der Waals surface area contributed by atoms with E-state index in [-0.39, 0.29) is 17.4 Å². The van der Waals surface area contributed by atoms with Gasteiger partial charge < -0.3 is 15.0 Å². The first kappa shape index (κ1) is 24.3. The van der Waals surface area contributed by atoms with E-state index in [0.29, 0.717) is 53.5 Å². The minimum Gasteiger partial charge on any atom is -0.484 e. The number of nitrogens with one attached hydrogen (secondary N) is 1. The maximum atomic E-state index is 12.8. The van der Waals surface area contributed by atoms with Crippen LogP contribution in [0.1, 0.15) is 0 Å². The summed E-state index contributed by atoms with van der Waals surface area (Å²) in [5.74, 6) is 0.940. The second-order valence-corrected chi connectivity index (χ2v) is 10.4. The number of carbonyl (C=O) groups excluding carboxylic acids is 1. The third-order valence-electron chi connectivity index (χ3n) is 5.23. The summed E-state index contributed by atoms with van der Waals surface area (Å²) in [7, 11) is -3.57. The van der Waals surface area contributed by atoms with Crippen molar-refractivity contribution in [1.82, 2.24) is 9.29 Å². The molecule has 2 aromatic carbocycles. The maximum Gasteiger partial charge on any atom is 0.262 e. The molecule has 3 aromatic rings. The highest BCUT2D eigenvalue weighted by molar-refractivity contribution is 7.89. The number of amides is 1. The highest BCUT2D eigenvalue weighted by Gasteiger charge is 2.28. The first-order chi connectivity index (χ1) is 16.3. The first-order valence-electron chi connectivity index (χ1n) is 10.5. The lowest BCUT2D eigenvalue weighted by molar-refractivity contribution is -0.118. The van der Waals surface area contributed by atoms with Crippen LogP contribution in [0, 0.1) is 0 Å². The van der Waals surface area contributed by atoms with Gasteiger partial charge in [0.15, 0.2) is 6.61 Å². The smallest absolute Gasteiger partial charge is 0.262 e. The van der Waals surface area contributed by atoms with Gasteiger partial charge >= 0.3 is 0 Å². The van der Waals surface area contributed by atoms with Gasteiger partial charge in [-0.3, -0.25) is 4.79 Å². The third kappa shape index (κ3) is 5.98. The number of carbonyl (C=O) groups is 1. The van der Waals surface area contributed by atoms with Gasteiger partial charge in [0, 0.05) is 36.2 Å². The van der Waals surface area contributed by atoms with Crippen LogP contribution >= 0.6 is 23.2 Å². The van der Waals surface area contributed by atoms with Crippen LogP contribution in [0.4, 0.5) is 11.5 Å². The summed E-state index contributed by atoms with van der Waals surface area (Å²) >= 11 is 11.7. The number of sulfonamides is 1. The van der Waals surface area contributed by atoms with Gasteiger partial charge in [-0.05, 0) is 60.7 Å². The summed E-state index contributed by atoms with van der Waals surface area (Å²) in [6, 6.07) is 16.4. The number of nitrogens with zero attached hydrogens (tertiary/aromatic N) is 3. The molecule has 1 amide bonds. The fraction of sp³-hybridized carbons (Fsp3) is 0.217. The Morgan fingerprint density at radius 2 is 1.53 bits per heavy atom. The molecule has 0 saturated carbocycles. The summed E-state index contributed by atoms with van der Waals surface area (Å²) in [5, 5.41) is 3.81. The van der Waals surface area contributed by atoms with E-state index < -0.39 is 10.0 Å². The summed E-state index contributed by atoms with van der Waals surface area (Å²) in [5.41, 5.74) is 0.539. The van der Waals surface area contributed by atoms with E-state index >= 15 is 0 Å². The molecule has 0 radical (unpaired) electrons. The molecule has 2 heterocycles. The van der Waals surface area contributed by atoms with Crippen molar-refractivity contribution in [3.63, 3.8) is 0 Å². The number of aromatic nitrogens is 1. The lowest BCUT2D eigenvalue weighted by Crippen LogP contribution is -2.48. The van der Waals surface area contributed by atoms with Gasteiger partial charge in [0.25, 0.3) is 5.91 Å². The molecule has 1 aromatic heterocycles. The molecule has 1 fully saturated rings. The first-order valence-corrected chi connectivity index (χ1v) is 12.7. The van der Waals surface area contributed by atoms with Gasteiger partial charge in [0.1, 0.15) is 11.6 Å². The molecule has 1 N–H and O–H groups in total. The van der Waals surface area contributed by atoms with Gasteiger partial charge in [0.05, 0.1) is 16.8 Å². The number of rotatable bonds is 7. The van der Waals surface area contributed by atoms with Crippen molar-refractivity contribution in [2.75, 3.05) is 43.0 Å². The molecule has 0 unspecified atom stereocenters. The molecule has 11 heteroatoms. The predicted octanol–water partition coefficient (Wildman–Crippen LogP) is 3.92. The largest absolute Gasteiger partial charge is 0.484 e. The van der Waals surface area contributed by atoms with Crippen molar-refractivity contribution in [2.24, 2.45) is 0 Å². The second kappa shape index (κ2) is 10.6. The van der Waals surface area contributed by atoms with E-state index in [9.17, 15) is 13.2 Å². The second-order valence-electron chi connectivity index (χ2n) is 7.54. The van der Waals surface area contributed by atoms with E-state index in [1.807, 2.05) is 4.90 Å². The van der Waals surface area contributed by atoms with Crippen molar-refractivity contribution in [3.8, 4) is 5.75 Å². The number of halogens is 2. The summed E-state index contributed by atoms with van der Waals surface area (Å²) in [4.78, 5) is 18.8. The van der Waals surface area contributed by atoms with Crippen LogP contribution in [0.2, 0.25) is 10.0 Å². The third-order valence-corrected chi connectivity index (χ3v) is 7.65. The zero-order valence-electron chi connectivity index (χ0n) is 18.0. The molecule has 4 rings (SSSR count). The van der Waals surface area contributed by atoms with Crippen LogP contribution in [0.15, 0.2) is 71.8 Å². The number of ether oxygens (including phenoxy) is 1. The zero-order valence-corrected chi connectivity index (χ0v) is 20.4. The van der Waals surface area contributed by atoms with E-state index in [0.717, 1.165) is 0 Å². The van der Waals surface area contributed by atoms with Crippen LogP contribution in [0.5, 0.6) is 5.75 Å². The summed E-state index contributed by atoms with van der Waals surface area (Å²) < 4.78 is 32.6. The molecule has 0 atom stereocenters. The Kier molecular flexibility index (Phi) is 7.57. The highest BCUT2D eigenvalue weighted by atomic mass is 35.5. The highest BCUT2D eigenvalue weighted by Crippen LogP contribution is 2.22. The van der Waals surface area contributed by atoms with Gasteiger partial charge in [-0.1, -0.05) is 23.2 Å². The molecule has 1 aliphatic heterocycles. The zero-order chi connectivity index (χ0) is 24.1. The average Bonchev–Trinajstić information content (AvgIpc) is 2.84. The number of hydrogen-bond acceptors (Lipinski definition) is 6. The van der Waals surface area contributed by atoms with E-state index in [2.05, 4.69) is 10.3 Å². The SMILES string of the molecule is O=C(COc1ccc(Cl)cc1)Nc1ccc(N2CCN(S(=O)(=O)c3ccc(Cl)cc3)CC2)nc1. The molecule has 0 bridgehead atoms. The fourth-order valence-corrected chi connectivity index (χ4v) is 5.11. The Morgan fingerprint density at radius 3 is 2.12 bits per heavy atom. The minimum absolute atomic E-state index is 0.145. The van der Waals surface area contributed by atoms with Crippen LogP contribution in [-0.2, 0) is 14.8 Å². The van der Waals surface area contributed by atoms with Crippen molar-refractivity contribution >= 4 is 50.6 Å². The fourth-order valence-electron chi connectivity index (χ4n) is 3.44. The Morgan fingerprint density at radius 1 is 0.912 bits per heavy atom. The van der Waals surface area contributed by atoms with Crippen molar-refractivity contribution in [2.45, 2.75) is 4.90 Å². The normalized spacial score (nSPS) is 14.6. The Balaban J connectivity index is 1.28. The van der Waals surface area contributed by atoms with Crippen molar-refractivity contribution in [1.29, 1.82) is 0 Å². The molecule has 0 spiro atoms. The van der Waals surface area contributed by atoms with E-state index in [4.69, 9.17) is 27.9 Å². The lowest BCUT2D eigenvalue weighted by Gasteiger charge is -2.34. The molecule has 0 aliphatic carbocycles. The molecule has 1 aliphatic rings. The molecule has 178 valence electrons. The Hall–Kier alpha value is -2.85. The van der Waals surface area contributed by atoms with Gasteiger partial charge in [-0.25, -0.2) is 13.4 Å². The Bertz CT molecular complexity index is 1230.